The van der Waals surface area contributed by atoms with Crippen molar-refractivity contribution in [2.24, 2.45) is 0 Å². The Morgan fingerprint density at radius 2 is 1.56 bits per heavy atom. The number of benzene rings is 3. The van der Waals surface area contributed by atoms with Gasteiger partial charge in [0.2, 0.25) is 0 Å². The molecule has 1 aromatic heterocycles. The van der Waals surface area contributed by atoms with Gasteiger partial charge in [-0.15, -0.1) is 5.10 Å². The molecule has 0 saturated carbocycles. The maximum atomic E-state index is 5.66. The molecule has 0 aliphatic carbocycles. The van der Waals surface area contributed by atoms with Crippen LogP contribution in [0.15, 0.2) is 72.8 Å². The van der Waals surface area contributed by atoms with Crippen molar-refractivity contribution in [3.05, 3.63) is 101 Å². The van der Waals surface area contributed by atoms with Crippen LogP contribution in [-0.4, -0.2) is 77.0 Å². The van der Waals surface area contributed by atoms with E-state index in [4.69, 9.17) is 9.47 Å². The van der Waals surface area contributed by atoms with Gasteiger partial charge in [0, 0.05) is 32.7 Å². The third-order valence-corrected chi connectivity index (χ3v) is 7.36. The fraction of sp³-hybridized carbons (Fsp3) is 0.323. The molecule has 1 aliphatic rings. The van der Waals surface area contributed by atoms with Crippen LogP contribution in [-0.2, 0) is 0 Å². The number of hydrogen-bond acceptors (Lipinski definition) is 7. The number of para-hydroxylation sites is 1. The first kappa shape index (κ1) is 26.6. The number of tetrazole rings is 1. The predicted octanol–water partition coefficient (Wildman–Crippen LogP) is 4.72. The summed E-state index contributed by atoms with van der Waals surface area (Å²) >= 11 is 0. The van der Waals surface area contributed by atoms with Crippen LogP contribution >= 0.6 is 0 Å². The van der Waals surface area contributed by atoms with Gasteiger partial charge in [0.05, 0.1) is 25.9 Å². The summed E-state index contributed by atoms with van der Waals surface area (Å²) in [4.78, 5) is 4.95. The lowest BCUT2D eigenvalue weighted by atomic mass is 10.0. The van der Waals surface area contributed by atoms with E-state index in [2.05, 4.69) is 99.9 Å². The molecule has 202 valence electrons. The smallest absolute Gasteiger partial charge is 0.178 e. The monoisotopic (exact) mass is 524 g/mol. The number of piperazine rings is 1. The summed E-state index contributed by atoms with van der Waals surface area (Å²) in [7, 11) is 3.32. The molecule has 3 aromatic carbocycles. The van der Waals surface area contributed by atoms with Crippen molar-refractivity contribution in [2.75, 3.05) is 46.9 Å². The van der Waals surface area contributed by atoms with Crippen LogP contribution < -0.4 is 9.47 Å². The molecule has 8 heteroatoms. The molecule has 0 N–H and O–H groups in total. The molecule has 0 spiro atoms. The summed E-state index contributed by atoms with van der Waals surface area (Å²) in [5.41, 5.74) is 5.57. The number of aryl methyl sites for hydroxylation is 2. The Bertz CT molecular complexity index is 1390. The molecule has 5 rings (SSSR count). The first-order valence-electron chi connectivity index (χ1n) is 13.3. The summed E-state index contributed by atoms with van der Waals surface area (Å²) in [6.07, 6.45) is 4.44. The van der Waals surface area contributed by atoms with Crippen molar-refractivity contribution >= 4 is 6.08 Å². The highest BCUT2D eigenvalue weighted by Gasteiger charge is 2.32. The number of hydrogen-bond donors (Lipinski definition) is 0. The quantitative estimate of drug-likeness (QED) is 0.314. The number of methoxy groups -OCH3 is 2. The van der Waals surface area contributed by atoms with Crippen molar-refractivity contribution in [1.82, 2.24) is 30.0 Å². The van der Waals surface area contributed by atoms with Crippen LogP contribution in [0.1, 0.15) is 34.1 Å². The molecule has 1 fully saturated rings. The number of ether oxygens (including phenoxy) is 2. The van der Waals surface area contributed by atoms with E-state index in [1.165, 1.54) is 5.56 Å². The van der Waals surface area contributed by atoms with Crippen LogP contribution in [0.2, 0.25) is 0 Å². The lowest BCUT2D eigenvalue weighted by Crippen LogP contribution is -2.48. The zero-order valence-electron chi connectivity index (χ0n) is 23.1. The molecule has 0 radical (unpaired) electrons. The van der Waals surface area contributed by atoms with Crippen LogP contribution in [0.4, 0.5) is 0 Å². The Morgan fingerprint density at radius 3 is 2.26 bits per heavy atom. The number of rotatable bonds is 9. The van der Waals surface area contributed by atoms with Crippen LogP contribution in [0.5, 0.6) is 11.5 Å². The molecule has 1 saturated heterocycles. The normalized spacial score (nSPS) is 15.5. The van der Waals surface area contributed by atoms with E-state index < -0.39 is 0 Å². The van der Waals surface area contributed by atoms with Gasteiger partial charge < -0.3 is 9.47 Å². The van der Waals surface area contributed by atoms with Crippen molar-refractivity contribution in [1.29, 1.82) is 0 Å². The van der Waals surface area contributed by atoms with Gasteiger partial charge in [0.15, 0.2) is 17.3 Å². The van der Waals surface area contributed by atoms with E-state index in [1.54, 1.807) is 14.2 Å². The number of aromatic nitrogens is 4. The molecule has 39 heavy (non-hydrogen) atoms. The van der Waals surface area contributed by atoms with Crippen LogP contribution in [0, 0.1) is 13.8 Å². The van der Waals surface area contributed by atoms with Gasteiger partial charge in [-0.25, -0.2) is 0 Å². The maximum Gasteiger partial charge on any atom is 0.178 e. The van der Waals surface area contributed by atoms with Gasteiger partial charge in [-0.3, -0.25) is 9.80 Å². The molecular weight excluding hydrogens is 488 g/mol. The lowest BCUT2D eigenvalue weighted by molar-refractivity contribution is 0.113. The van der Waals surface area contributed by atoms with E-state index in [9.17, 15) is 0 Å². The molecule has 1 aliphatic heterocycles. The molecule has 8 nitrogen and oxygen atoms in total. The van der Waals surface area contributed by atoms with Gasteiger partial charge in [-0.05, 0) is 58.7 Å². The molecule has 0 unspecified atom stereocenters. The third-order valence-electron chi connectivity index (χ3n) is 7.36. The Morgan fingerprint density at radius 1 is 0.846 bits per heavy atom. The average molecular weight is 525 g/mol. The molecule has 0 bridgehead atoms. The summed E-state index contributed by atoms with van der Waals surface area (Å²) in [6, 6.07) is 22.6. The fourth-order valence-corrected chi connectivity index (χ4v) is 5.32. The minimum atomic E-state index is -0.152. The first-order chi connectivity index (χ1) is 19.1. The van der Waals surface area contributed by atoms with Crippen LogP contribution in [0.3, 0.4) is 0 Å². The highest BCUT2D eigenvalue weighted by atomic mass is 16.5. The van der Waals surface area contributed by atoms with Gasteiger partial charge in [0.25, 0.3) is 0 Å². The molecule has 0 amide bonds. The van der Waals surface area contributed by atoms with E-state index in [-0.39, 0.29) is 6.04 Å². The molecule has 4 aromatic rings. The van der Waals surface area contributed by atoms with E-state index in [1.807, 2.05) is 22.9 Å². The predicted molar refractivity (Wildman–Crippen MR) is 154 cm³/mol. The first-order valence-corrected chi connectivity index (χ1v) is 13.3. The summed E-state index contributed by atoms with van der Waals surface area (Å²) in [5, 5.41) is 13.2. The summed E-state index contributed by atoms with van der Waals surface area (Å²) in [6.45, 7) is 8.79. The highest BCUT2D eigenvalue weighted by molar-refractivity contribution is 5.50. The second-order valence-electron chi connectivity index (χ2n) is 9.86. The Hall–Kier alpha value is -4.01. The molecule has 1 atom stereocenters. The Labute approximate surface area is 230 Å². The summed E-state index contributed by atoms with van der Waals surface area (Å²) in [5.74, 6) is 2.18. The highest BCUT2D eigenvalue weighted by Crippen LogP contribution is 2.36. The van der Waals surface area contributed by atoms with E-state index in [0.717, 1.165) is 60.9 Å². The summed E-state index contributed by atoms with van der Waals surface area (Å²) < 4.78 is 13.1. The Kier molecular flexibility index (Phi) is 8.34. The number of nitrogens with zero attached hydrogens (tertiary/aromatic N) is 6. The third kappa shape index (κ3) is 5.87. The van der Waals surface area contributed by atoms with Crippen molar-refractivity contribution in [3.63, 3.8) is 0 Å². The minimum Gasteiger partial charge on any atom is -0.493 e. The van der Waals surface area contributed by atoms with Crippen molar-refractivity contribution in [3.8, 4) is 17.2 Å². The zero-order chi connectivity index (χ0) is 27.2. The maximum absolute atomic E-state index is 5.66. The van der Waals surface area contributed by atoms with Gasteiger partial charge in [-0.1, -0.05) is 66.7 Å². The molecule has 2 heterocycles. The van der Waals surface area contributed by atoms with Crippen molar-refractivity contribution in [2.45, 2.75) is 19.9 Å². The lowest BCUT2D eigenvalue weighted by Gasteiger charge is -2.38. The van der Waals surface area contributed by atoms with Gasteiger partial charge >= 0.3 is 0 Å². The second-order valence-corrected chi connectivity index (χ2v) is 9.86. The Balaban J connectivity index is 1.44. The zero-order valence-corrected chi connectivity index (χ0v) is 23.1. The van der Waals surface area contributed by atoms with Gasteiger partial charge in [0.1, 0.15) is 0 Å². The average Bonchev–Trinajstić information content (AvgIpc) is 3.43. The SMILES string of the molecule is COc1ccc([C@@H](c2nnnn2-c2c(C)cccc2C)N2CCN(C/C=C/c3ccccc3)CC2)cc1OC. The standard InChI is InChI=1S/C31H36N6O2/c1-23-10-8-11-24(2)29(23)37-31(32-33-34-37)30(26-15-16-27(38-3)28(22-26)39-4)36-20-18-35(19-21-36)17-9-14-25-12-6-5-7-13-25/h5-16,22,30H,17-21H2,1-4H3/b14-9+/t30-/m0/s1. The fourth-order valence-electron chi connectivity index (χ4n) is 5.32. The van der Waals surface area contributed by atoms with E-state index in [0.29, 0.717) is 11.5 Å². The van der Waals surface area contributed by atoms with E-state index >= 15 is 0 Å². The van der Waals surface area contributed by atoms with Crippen molar-refractivity contribution < 1.29 is 9.47 Å². The van der Waals surface area contributed by atoms with Gasteiger partial charge in [-0.2, -0.15) is 4.68 Å². The largest absolute Gasteiger partial charge is 0.493 e. The molecular formula is C31H36N6O2. The topological polar surface area (TPSA) is 68.5 Å². The second kappa shape index (κ2) is 12.2. The minimum absolute atomic E-state index is 0.152. The van der Waals surface area contributed by atoms with Crippen LogP contribution in [0.25, 0.3) is 11.8 Å².